The molecule has 2 saturated carbocycles. The first-order valence-electron chi connectivity index (χ1n) is 9.15. The van der Waals surface area contributed by atoms with Crippen LogP contribution in [0.1, 0.15) is 53.9 Å². The first kappa shape index (κ1) is 18.2. The predicted molar refractivity (Wildman–Crippen MR) is 92.5 cm³/mol. The quantitative estimate of drug-likeness (QED) is 0.613. The third kappa shape index (κ3) is 2.64. The molecule has 25 heavy (non-hydrogen) atoms. The van der Waals surface area contributed by atoms with E-state index in [0.29, 0.717) is 17.6 Å². The molecule has 0 aromatic carbocycles. The van der Waals surface area contributed by atoms with Crippen molar-refractivity contribution >= 4 is 11.9 Å². The first-order valence-corrected chi connectivity index (χ1v) is 9.15. The second-order valence-electron chi connectivity index (χ2n) is 7.98. The van der Waals surface area contributed by atoms with Gasteiger partial charge in [0.05, 0.1) is 6.10 Å². The van der Waals surface area contributed by atoms with Crippen LogP contribution in [0.4, 0.5) is 0 Å². The molecule has 3 rings (SSSR count). The van der Waals surface area contributed by atoms with Crippen molar-refractivity contribution in [2.45, 2.75) is 72.2 Å². The fourth-order valence-corrected chi connectivity index (χ4v) is 4.82. The Bertz CT molecular complexity index is 661. The third-order valence-corrected chi connectivity index (χ3v) is 6.89. The van der Waals surface area contributed by atoms with Crippen molar-refractivity contribution in [2.75, 3.05) is 0 Å². The monoisotopic (exact) mass is 348 g/mol. The third-order valence-electron chi connectivity index (χ3n) is 6.89. The molecule has 138 valence electrons. The van der Waals surface area contributed by atoms with Gasteiger partial charge in [-0.2, -0.15) is 0 Å². The number of hydrogen-bond acceptors (Lipinski definition) is 5. The summed E-state index contributed by atoms with van der Waals surface area (Å²) in [7, 11) is 0. The molecule has 2 aliphatic carbocycles. The maximum absolute atomic E-state index is 12.3. The maximum Gasteiger partial charge on any atom is 0.334 e. The molecular weight excluding hydrogens is 320 g/mol. The van der Waals surface area contributed by atoms with E-state index in [1.165, 1.54) is 0 Å². The van der Waals surface area contributed by atoms with Crippen LogP contribution < -0.4 is 0 Å². The minimum atomic E-state index is -0.748. The molecule has 2 fully saturated rings. The number of carbonyl (C=O) groups is 2. The fraction of sp³-hybridized carbons (Fsp3) is 0.700. The van der Waals surface area contributed by atoms with Crippen LogP contribution in [0, 0.1) is 17.3 Å². The fourth-order valence-electron chi connectivity index (χ4n) is 4.82. The molecule has 0 spiro atoms. The average molecular weight is 348 g/mol. The van der Waals surface area contributed by atoms with Gasteiger partial charge < -0.3 is 14.6 Å². The largest absolute Gasteiger partial charge is 0.459 e. The smallest absolute Gasteiger partial charge is 0.334 e. The van der Waals surface area contributed by atoms with Gasteiger partial charge >= 0.3 is 11.9 Å². The number of esters is 2. The van der Waals surface area contributed by atoms with Crippen molar-refractivity contribution < 1.29 is 24.2 Å². The van der Waals surface area contributed by atoms with Gasteiger partial charge in [-0.25, -0.2) is 9.59 Å². The van der Waals surface area contributed by atoms with Gasteiger partial charge in [-0.15, -0.1) is 0 Å². The summed E-state index contributed by atoms with van der Waals surface area (Å²) in [5.74, 6) is -0.415. The van der Waals surface area contributed by atoms with Gasteiger partial charge in [0.25, 0.3) is 0 Å². The summed E-state index contributed by atoms with van der Waals surface area (Å²) in [4.78, 5) is 24.2. The summed E-state index contributed by atoms with van der Waals surface area (Å²) in [5, 5.41) is 11.2. The normalized spacial score (nSPS) is 41.1. The molecule has 6 atom stereocenters. The molecular formula is C20H28O5. The number of allylic oxidation sites excluding steroid dienone is 1. The summed E-state index contributed by atoms with van der Waals surface area (Å²) < 4.78 is 11.3. The number of fused-ring (bicyclic) bond motifs is 2. The van der Waals surface area contributed by atoms with Crippen LogP contribution >= 0.6 is 0 Å². The van der Waals surface area contributed by atoms with E-state index in [1.54, 1.807) is 19.9 Å². The molecule has 0 bridgehead atoms. The Morgan fingerprint density at radius 2 is 2.08 bits per heavy atom. The molecule has 1 aliphatic heterocycles. The number of carbonyl (C=O) groups excluding carboxylic acids is 2. The van der Waals surface area contributed by atoms with Gasteiger partial charge in [0.2, 0.25) is 0 Å². The van der Waals surface area contributed by atoms with Gasteiger partial charge in [0.1, 0.15) is 12.2 Å². The molecule has 0 aromatic rings. The molecule has 5 heteroatoms. The molecule has 0 aromatic heterocycles. The van der Waals surface area contributed by atoms with Gasteiger partial charge in [-0.1, -0.05) is 19.9 Å². The molecule has 0 amide bonds. The van der Waals surface area contributed by atoms with Crippen molar-refractivity contribution in [1.29, 1.82) is 0 Å². The van der Waals surface area contributed by atoms with Crippen molar-refractivity contribution in [3.05, 3.63) is 22.8 Å². The summed E-state index contributed by atoms with van der Waals surface area (Å²) in [6, 6.07) is 0. The molecule has 3 aliphatic rings. The zero-order chi connectivity index (χ0) is 18.5. The molecule has 1 heterocycles. The SMILES string of the molecule is CC=C(C)C(=O)OC1CCC(C)C2(C)C(O)C3=C(C)C(=O)OC3CC12. The number of rotatable bonds is 2. The second-order valence-corrected chi connectivity index (χ2v) is 7.98. The highest BCUT2D eigenvalue weighted by molar-refractivity contribution is 5.92. The minimum Gasteiger partial charge on any atom is -0.459 e. The standard InChI is InChI=1S/C20H28O5/c1-6-10(2)18(22)24-14-8-7-11(3)20(5)13(14)9-15-16(17(20)21)12(4)19(23)25-15/h6,11,13-15,17,21H,7-9H2,1-5H3. The van der Waals surface area contributed by atoms with E-state index < -0.39 is 17.6 Å². The minimum absolute atomic E-state index is 0.0349. The second kappa shape index (κ2) is 6.27. The lowest BCUT2D eigenvalue weighted by Gasteiger charge is -2.56. The average Bonchev–Trinajstić information content (AvgIpc) is 2.86. The van der Waals surface area contributed by atoms with E-state index in [2.05, 4.69) is 13.8 Å². The molecule has 5 nitrogen and oxygen atoms in total. The Labute approximate surface area is 149 Å². The lowest BCUT2D eigenvalue weighted by Crippen LogP contribution is -2.58. The number of aliphatic hydroxyl groups excluding tert-OH is 1. The van der Waals surface area contributed by atoms with E-state index in [9.17, 15) is 14.7 Å². The van der Waals surface area contributed by atoms with Crippen molar-refractivity contribution in [1.82, 2.24) is 0 Å². The Morgan fingerprint density at radius 1 is 1.40 bits per heavy atom. The molecule has 0 saturated heterocycles. The summed E-state index contributed by atoms with van der Waals surface area (Å²) in [6.07, 6.45) is 2.59. The van der Waals surface area contributed by atoms with Crippen molar-refractivity contribution in [3.8, 4) is 0 Å². The predicted octanol–water partition coefficient (Wildman–Crippen LogP) is 2.92. The Kier molecular flexibility index (Phi) is 4.56. The lowest BCUT2D eigenvalue weighted by atomic mass is 9.52. The Balaban J connectivity index is 1.94. The van der Waals surface area contributed by atoms with Crippen LogP contribution in [0.15, 0.2) is 22.8 Å². The highest BCUT2D eigenvalue weighted by Gasteiger charge is 2.59. The molecule has 1 N–H and O–H groups in total. The van der Waals surface area contributed by atoms with E-state index in [-0.39, 0.29) is 29.9 Å². The van der Waals surface area contributed by atoms with Crippen LogP contribution in [0.25, 0.3) is 0 Å². The van der Waals surface area contributed by atoms with Crippen LogP contribution in [-0.4, -0.2) is 35.4 Å². The van der Waals surface area contributed by atoms with Crippen molar-refractivity contribution in [2.24, 2.45) is 17.3 Å². The van der Waals surface area contributed by atoms with E-state index >= 15 is 0 Å². The van der Waals surface area contributed by atoms with E-state index in [1.807, 2.05) is 6.92 Å². The van der Waals surface area contributed by atoms with Crippen LogP contribution in [0.3, 0.4) is 0 Å². The lowest BCUT2D eigenvalue weighted by molar-refractivity contribution is -0.177. The summed E-state index contributed by atoms with van der Waals surface area (Å²) in [5.41, 5.74) is 1.41. The van der Waals surface area contributed by atoms with Gasteiger partial charge in [-0.3, -0.25) is 0 Å². The zero-order valence-electron chi connectivity index (χ0n) is 15.7. The van der Waals surface area contributed by atoms with Crippen LogP contribution in [-0.2, 0) is 19.1 Å². The van der Waals surface area contributed by atoms with Gasteiger partial charge in [0.15, 0.2) is 0 Å². The number of aliphatic hydroxyl groups is 1. The maximum atomic E-state index is 12.3. The van der Waals surface area contributed by atoms with E-state index in [0.717, 1.165) is 18.4 Å². The van der Waals surface area contributed by atoms with E-state index in [4.69, 9.17) is 9.47 Å². The summed E-state index contributed by atoms with van der Waals surface area (Å²) >= 11 is 0. The zero-order valence-corrected chi connectivity index (χ0v) is 15.7. The molecule has 0 radical (unpaired) electrons. The highest BCUT2D eigenvalue weighted by Crippen LogP contribution is 2.57. The Morgan fingerprint density at radius 3 is 2.72 bits per heavy atom. The highest BCUT2D eigenvalue weighted by atomic mass is 16.6. The number of ether oxygens (including phenoxy) is 2. The molecule has 6 unspecified atom stereocenters. The van der Waals surface area contributed by atoms with Gasteiger partial charge in [0, 0.05) is 28.1 Å². The number of hydrogen-bond donors (Lipinski definition) is 1. The van der Waals surface area contributed by atoms with Crippen molar-refractivity contribution in [3.63, 3.8) is 0 Å². The summed E-state index contributed by atoms with van der Waals surface area (Å²) in [6.45, 7) is 9.48. The topological polar surface area (TPSA) is 72.8 Å². The first-order chi connectivity index (χ1) is 11.7. The van der Waals surface area contributed by atoms with Crippen LogP contribution in [0.5, 0.6) is 0 Å². The Hall–Kier alpha value is -1.62. The van der Waals surface area contributed by atoms with Crippen LogP contribution in [0.2, 0.25) is 0 Å². The van der Waals surface area contributed by atoms with Gasteiger partial charge in [-0.05, 0) is 46.0 Å².